The Kier molecular flexibility index (Phi) is 4.37. The van der Waals surface area contributed by atoms with Crippen LogP contribution in [0.25, 0.3) is 0 Å². The summed E-state index contributed by atoms with van der Waals surface area (Å²) in [5.74, 6) is 0.725. The predicted molar refractivity (Wildman–Crippen MR) is 73.2 cm³/mol. The number of hydrogen-bond acceptors (Lipinski definition) is 2. The minimum atomic E-state index is -0.000441. The molecule has 0 aliphatic carbocycles. The van der Waals surface area contributed by atoms with Gasteiger partial charge in [0.25, 0.3) is 0 Å². The van der Waals surface area contributed by atoms with Crippen LogP contribution in [0.1, 0.15) is 31.2 Å². The highest BCUT2D eigenvalue weighted by Crippen LogP contribution is 2.28. The Morgan fingerprint density at radius 1 is 1.44 bits per heavy atom. The highest BCUT2D eigenvalue weighted by molar-refractivity contribution is 5.79. The first-order valence-corrected chi connectivity index (χ1v) is 6.80. The molecule has 2 atom stereocenters. The van der Waals surface area contributed by atoms with Crippen LogP contribution in [0, 0.1) is 5.92 Å². The maximum absolute atomic E-state index is 12.2. The van der Waals surface area contributed by atoms with E-state index in [1.54, 1.807) is 0 Å². The average molecular weight is 246 g/mol. The summed E-state index contributed by atoms with van der Waals surface area (Å²) in [7, 11) is 0. The Labute approximate surface area is 109 Å². The highest BCUT2D eigenvalue weighted by atomic mass is 16.2. The van der Waals surface area contributed by atoms with Gasteiger partial charge in [-0.15, -0.1) is 0 Å². The molecule has 1 saturated heterocycles. The fourth-order valence-electron chi connectivity index (χ4n) is 2.66. The van der Waals surface area contributed by atoms with Crippen molar-refractivity contribution in [2.75, 3.05) is 19.6 Å². The average Bonchev–Trinajstić information content (AvgIpc) is 2.90. The second-order valence-corrected chi connectivity index (χ2v) is 5.02. The summed E-state index contributed by atoms with van der Waals surface area (Å²) >= 11 is 0. The Balaban J connectivity index is 1.98. The second-order valence-electron chi connectivity index (χ2n) is 5.02. The van der Waals surface area contributed by atoms with Crippen molar-refractivity contribution in [3.05, 3.63) is 35.9 Å². The van der Waals surface area contributed by atoms with Crippen LogP contribution in [0.5, 0.6) is 0 Å². The summed E-state index contributed by atoms with van der Waals surface area (Å²) in [5.41, 5.74) is 6.99. The Morgan fingerprint density at radius 2 is 2.17 bits per heavy atom. The molecule has 0 saturated carbocycles. The third-order valence-corrected chi connectivity index (χ3v) is 3.90. The van der Waals surface area contributed by atoms with Crippen LogP contribution < -0.4 is 5.73 Å². The number of amides is 1. The van der Waals surface area contributed by atoms with Gasteiger partial charge in [0.2, 0.25) is 5.91 Å². The number of benzene rings is 1. The van der Waals surface area contributed by atoms with Crippen molar-refractivity contribution in [2.45, 2.75) is 25.7 Å². The molecule has 0 aromatic heterocycles. The number of carbonyl (C=O) groups is 1. The first kappa shape index (κ1) is 13.1. The van der Waals surface area contributed by atoms with Gasteiger partial charge in [-0.25, -0.2) is 0 Å². The minimum absolute atomic E-state index is 0.000441. The smallest absolute Gasteiger partial charge is 0.226 e. The van der Waals surface area contributed by atoms with Crippen molar-refractivity contribution in [3.8, 4) is 0 Å². The molecule has 1 fully saturated rings. The van der Waals surface area contributed by atoms with E-state index < -0.39 is 0 Å². The number of rotatable bonds is 4. The van der Waals surface area contributed by atoms with Gasteiger partial charge in [0.15, 0.2) is 0 Å². The van der Waals surface area contributed by atoms with Crippen molar-refractivity contribution in [2.24, 2.45) is 11.7 Å². The summed E-state index contributed by atoms with van der Waals surface area (Å²) in [6.07, 6.45) is 1.90. The number of nitrogens with zero attached hydrogens (tertiary/aromatic N) is 1. The molecule has 1 heterocycles. The molecule has 1 aliphatic rings. The van der Waals surface area contributed by atoms with E-state index in [9.17, 15) is 4.79 Å². The fourth-order valence-corrected chi connectivity index (χ4v) is 2.66. The molecule has 1 aromatic rings. The number of nitrogens with two attached hydrogens (primary N) is 1. The number of hydrogen-bond donors (Lipinski definition) is 1. The first-order chi connectivity index (χ1) is 8.76. The van der Waals surface area contributed by atoms with Crippen LogP contribution in [0.2, 0.25) is 0 Å². The van der Waals surface area contributed by atoms with E-state index in [-0.39, 0.29) is 11.8 Å². The molecule has 2 N–H and O–H groups in total. The molecule has 0 spiro atoms. The molecule has 98 valence electrons. The summed E-state index contributed by atoms with van der Waals surface area (Å²) in [6, 6.07) is 10.5. The van der Waals surface area contributed by atoms with E-state index in [0.717, 1.165) is 25.9 Å². The Hall–Kier alpha value is -1.35. The molecular formula is C15H22N2O. The Morgan fingerprint density at radius 3 is 2.78 bits per heavy atom. The van der Waals surface area contributed by atoms with Gasteiger partial charge in [0.05, 0.1) is 5.92 Å². The lowest BCUT2D eigenvalue weighted by Crippen LogP contribution is -2.37. The monoisotopic (exact) mass is 246 g/mol. The van der Waals surface area contributed by atoms with Gasteiger partial charge in [-0.1, -0.05) is 37.3 Å². The van der Waals surface area contributed by atoms with Gasteiger partial charge in [0.1, 0.15) is 0 Å². The van der Waals surface area contributed by atoms with Gasteiger partial charge < -0.3 is 10.6 Å². The SMILES string of the molecule is CCC(CN)C(=O)N1CCC(c2ccccc2)C1. The topological polar surface area (TPSA) is 46.3 Å². The van der Waals surface area contributed by atoms with Gasteiger partial charge in [-0.2, -0.15) is 0 Å². The predicted octanol–water partition coefficient (Wildman–Crippen LogP) is 1.99. The van der Waals surface area contributed by atoms with E-state index in [1.807, 2.05) is 17.9 Å². The normalized spacial score (nSPS) is 21.0. The lowest BCUT2D eigenvalue weighted by Gasteiger charge is -2.21. The quantitative estimate of drug-likeness (QED) is 0.883. The number of carbonyl (C=O) groups excluding carboxylic acids is 1. The highest BCUT2D eigenvalue weighted by Gasteiger charge is 2.30. The summed E-state index contributed by atoms with van der Waals surface area (Å²) in [5, 5.41) is 0. The van der Waals surface area contributed by atoms with E-state index in [1.165, 1.54) is 5.56 Å². The van der Waals surface area contributed by atoms with Crippen molar-refractivity contribution in [1.82, 2.24) is 4.90 Å². The largest absolute Gasteiger partial charge is 0.342 e. The van der Waals surface area contributed by atoms with E-state index in [4.69, 9.17) is 5.73 Å². The van der Waals surface area contributed by atoms with Gasteiger partial charge in [0, 0.05) is 25.6 Å². The lowest BCUT2D eigenvalue weighted by atomic mass is 9.99. The van der Waals surface area contributed by atoms with Gasteiger partial charge >= 0.3 is 0 Å². The molecule has 3 heteroatoms. The molecule has 1 aliphatic heterocycles. The fraction of sp³-hybridized carbons (Fsp3) is 0.533. The maximum Gasteiger partial charge on any atom is 0.226 e. The van der Waals surface area contributed by atoms with Crippen LogP contribution in [-0.4, -0.2) is 30.4 Å². The maximum atomic E-state index is 12.2. The molecule has 0 radical (unpaired) electrons. The molecule has 18 heavy (non-hydrogen) atoms. The summed E-state index contributed by atoms with van der Waals surface area (Å²) < 4.78 is 0. The van der Waals surface area contributed by atoms with Crippen molar-refractivity contribution in [1.29, 1.82) is 0 Å². The molecule has 2 rings (SSSR count). The molecule has 3 nitrogen and oxygen atoms in total. The molecule has 1 amide bonds. The van der Waals surface area contributed by atoms with Crippen molar-refractivity contribution < 1.29 is 4.79 Å². The van der Waals surface area contributed by atoms with Crippen LogP contribution in [0.3, 0.4) is 0 Å². The molecule has 2 unspecified atom stereocenters. The van der Waals surface area contributed by atoms with Crippen molar-refractivity contribution in [3.63, 3.8) is 0 Å². The third-order valence-electron chi connectivity index (χ3n) is 3.90. The zero-order chi connectivity index (χ0) is 13.0. The zero-order valence-electron chi connectivity index (χ0n) is 11.0. The lowest BCUT2D eigenvalue weighted by molar-refractivity contribution is -0.134. The number of likely N-dealkylation sites (tertiary alicyclic amines) is 1. The summed E-state index contributed by atoms with van der Waals surface area (Å²) in [4.78, 5) is 14.2. The molecule has 1 aromatic carbocycles. The Bertz CT molecular complexity index is 387. The van der Waals surface area contributed by atoms with Gasteiger partial charge in [-0.05, 0) is 18.4 Å². The van der Waals surface area contributed by atoms with E-state index >= 15 is 0 Å². The molecular weight excluding hydrogens is 224 g/mol. The van der Waals surface area contributed by atoms with Crippen LogP contribution >= 0.6 is 0 Å². The van der Waals surface area contributed by atoms with Gasteiger partial charge in [-0.3, -0.25) is 4.79 Å². The molecule has 0 bridgehead atoms. The third kappa shape index (κ3) is 2.72. The van der Waals surface area contributed by atoms with Crippen LogP contribution in [-0.2, 0) is 4.79 Å². The first-order valence-electron chi connectivity index (χ1n) is 6.80. The second kappa shape index (κ2) is 6.01. The van der Waals surface area contributed by atoms with Crippen LogP contribution in [0.4, 0.5) is 0 Å². The minimum Gasteiger partial charge on any atom is -0.342 e. The summed E-state index contributed by atoms with van der Waals surface area (Å²) in [6.45, 7) is 4.20. The zero-order valence-corrected chi connectivity index (χ0v) is 11.0. The standard InChI is InChI=1S/C15H22N2O/c1-2-12(10-16)15(18)17-9-8-14(11-17)13-6-4-3-5-7-13/h3-7,12,14H,2,8-11,16H2,1H3. The van der Waals surface area contributed by atoms with E-state index in [0.29, 0.717) is 12.5 Å². The van der Waals surface area contributed by atoms with Crippen molar-refractivity contribution >= 4 is 5.91 Å². The van der Waals surface area contributed by atoms with E-state index in [2.05, 4.69) is 24.3 Å². The van der Waals surface area contributed by atoms with Crippen LogP contribution in [0.15, 0.2) is 30.3 Å².